The molecule has 0 bridgehead atoms. The van der Waals surface area contributed by atoms with Gasteiger partial charge in [0.2, 0.25) is 0 Å². The van der Waals surface area contributed by atoms with Crippen molar-refractivity contribution in [3.63, 3.8) is 0 Å². The van der Waals surface area contributed by atoms with Crippen LogP contribution in [0.1, 0.15) is 5.56 Å². The number of hydrogen-bond acceptors (Lipinski definition) is 13. The summed E-state index contributed by atoms with van der Waals surface area (Å²) in [5, 5.41) is 15.3. The molecule has 0 aliphatic rings. The Morgan fingerprint density at radius 2 is 0.395 bits per heavy atom. The van der Waals surface area contributed by atoms with E-state index in [1.54, 1.807) is 12.1 Å². The predicted octanol–water partition coefficient (Wildman–Crippen LogP) is 22.4. The third-order valence-electron chi connectivity index (χ3n) is 20.3. The van der Waals surface area contributed by atoms with Crippen LogP contribution in [0.3, 0.4) is 0 Å². The Morgan fingerprint density at radius 1 is 0.202 bits per heavy atom. The molecule has 14 aromatic carbocycles. The van der Waals surface area contributed by atoms with Crippen LogP contribution in [0.25, 0.3) is 203 Å². The molecule has 534 valence electrons. The maximum absolute atomic E-state index is 17.2. The van der Waals surface area contributed by atoms with Crippen molar-refractivity contribution in [1.82, 2.24) is 68.9 Å². The van der Waals surface area contributed by atoms with Crippen LogP contribution < -0.4 is 0 Å². The summed E-state index contributed by atoms with van der Waals surface area (Å²) in [6.45, 7) is 0. The Morgan fingerprint density at radius 3 is 0.588 bits per heavy atom. The fourth-order valence-corrected chi connectivity index (χ4v) is 14.9. The number of hydrogen-bond donors (Lipinski definition) is 0. The summed E-state index contributed by atoms with van der Waals surface area (Å²) in [4.78, 5) is 61.7. The van der Waals surface area contributed by atoms with Gasteiger partial charge in [-0.15, -0.1) is 0 Å². The largest absolute Gasteiger partial charge is 0.308 e. The van der Waals surface area contributed by atoms with E-state index in [0.717, 1.165) is 44.5 Å². The van der Waals surface area contributed by atoms with Gasteiger partial charge < -0.3 is 9.13 Å². The molecule has 0 fully saturated rings. The van der Waals surface area contributed by atoms with Crippen LogP contribution in [0, 0.1) is 23.0 Å². The van der Waals surface area contributed by atoms with Crippen molar-refractivity contribution in [2.75, 3.05) is 0 Å². The lowest BCUT2D eigenvalue weighted by atomic mass is 9.99. The van der Waals surface area contributed by atoms with Crippen molar-refractivity contribution in [1.29, 1.82) is 5.26 Å². The molecule has 20 rings (SSSR count). The number of benzene rings is 14. The second-order valence-electron chi connectivity index (χ2n) is 27.3. The highest BCUT2D eigenvalue weighted by Crippen LogP contribution is 2.45. The van der Waals surface area contributed by atoms with Crippen molar-refractivity contribution < 1.29 is 8.78 Å². The minimum atomic E-state index is -0.807. The maximum atomic E-state index is 17.2. The van der Waals surface area contributed by atoms with E-state index in [0.29, 0.717) is 147 Å². The number of halogens is 2. The monoisotopic (exact) mass is 1470 g/mol. The second-order valence-corrected chi connectivity index (χ2v) is 27.3. The minimum Gasteiger partial charge on any atom is -0.308 e. The van der Waals surface area contributed by atoms with E-state index in [2.05, 4.69) is 6.07 Å². The van der Waals surface area contributed by atoms with Crippen LogP contribution in [0.5, 0.6) is 0 Å². The van der Waals surface area contributed by atoms with Gasteiger partial charge in [0.05, 0.1) is 39.0 Å². The topological polar surface area (TPSA) is 188 Å². The molecule has 0 aliphatic carbocycles. The molecule has 0 N–H and O–H groups in total. The van der Waals surface area contributed by atoms with E-state index < -0.39 is 11.6 Å². The molecule has 114 heavy (non-hydrogen) atoms. The van der Waals surface area contributed by atoms with E-state index >= 15 is 8.78 Å². The summed E-state index contributed by atoms with van der Waals surface area (Å²) in [7, 11) is 0. The maximum Gasteiger partial charge on any atom is 0.164 e. The van der Waals surface area contributed by atoms with Gasteiger partial charge in [0.15, 0.2) is 69.9 Å². The van der Waals surface area contributed by atoms with Gasteiger partial charge in [-0.3, -0.25) is 0 Å². The first kappa shape index (κ1) is 67.4. The molecule has 0 atom stereocenters. The number of aromatic nitrogens is 14. The summed E-state index contributed by atoms with van der Waals surface area (Å²) in [6, 6.07) is 112. The van der Waals surface area contributed by atoms with E-state index in [-0.39, 0.29) is 16.7 Å². The van der Waals surface area contributed by atoms with Crippen LogP contribution in [-0.2, 0) is 0 Å². The Balaban J connectivity index is 0.860. The molecule has 0 spiro atoms. The number of rotatable bonds is 15. The summed E-state index contributed by atoms with van der Waals surface area (Å²) >= 11 is 0. The number of nitriles is 1. The zero-order chi connectivity index (χ0) is 76.2. The Labute approximate surface area is 651 Å². The van der Waals surface area contributed by atoms with Gasteiger partial charge in [-0.1, -0.05) is 249 Å². The number of fused-ring (bicyclic) bond motifs is 6. The van der Waals surface area contributed by atoms with Gasteiger partial charge in [0.25, 0.3) is 0 Å². The molecule has 0 aliphatic heterocycles. The van der Waals surface area contributed by atoms with Crippen molar-refractivity contribution in [2.24, 2.45) is 0 Å². The molecule has 0 unspecified atom stereocenters. The first-order valence-electron chi connectivity index (χ1n) is 36.9. The van der Waals surface area contributed by atoms with Crippen LogP contribution in [-0.4, -0.2) is 68.9 Å². The second kappa shape index (κ2) is 28.6. The Hall–Kier alpha value is -15.9. The van der Waals surface area contributed by atoms with Crippen LogP contribution in [0.15, 0.2) is 346 Å². The molecule has 6 heterocycles. The lowest BCUT2D eigenvalue weighted by Crippen LogP contribution is -2.06. The van der Waals surface area contributed by atoms with Gasteiger partial charge in [0.1, 0.15) is 23.3 Å². The van der Waals surface area contributed by atoms with Gasteiger partial charge in [-0.25, -0.2) is 68.6 Å². The molecule has 20 aromatic rings. The predicted molar refractivity (Wildman–Crippen MR) is 444 cm³/mol. The van der Waals surface area contributed by atoms with Crippen molar-refractivity contribution in [3.05, 3.63) is 363 Å². The zero-order valence-corrected chi connectivity index (χ0v) is 60.4. The summed E-state index contributed by atoms with van der Waals surface area (Å²) in [5.41, 5.74) is 12.2. The average Bonchev–Trinajstić information content (AvgIpc) is 1.55. The summed E-state index contributed by atoms with van der Waals surface area (Å²) in [6.07, 6.45) is 0. The molecular weight excluding hydrogens is 1410 g/mol. The highest BCUT2D eigenvalue weighted by molar-refractivity contribution is 6.14. The third-order valence-corrected chi connectivity index (χ3v) is 20.3. The van der Waals surface area contributed by atoms with E-state index in [9.17, 15) is 5.26 Å². The van der Waals surface area contributed by atoms with Crippen molar-refractivity contribution in [3.8, 4) is 165 Å². The third kappa shape index (κ3) is 12.5. The highest BCUT2D eigenvalue weighted by atomic mass is 19.1. The quantitative estimate of drug-likeness (QED) is 0.0944. The molecule has 0 saturated carbocycles. The van der Waals surface area contributed by atoms with Gasteiger partial charge in [-0.05, 0) is 103 Å². The Bertz CT molecular complexity index is 6160. The van der Waals surface area contributed by atoms with Crippen LogP contribution in [0.4, 0.5) is 8.78 Å². The van der Waals surface area contributed by atoms with Gasteiger partial charge in [-0.2, -0.15) is 5.26 Å². The normalized spacial score (nSPS) is 11.4. The minimum absolute atomic E-state index is 0.152. The van der Waals surface area contributed by atoms with E-state index in [1.807, 2.05) is 325 Å². The number of nitrogens with zero attached hydrogens (tertiary/aromatic N) is 15. The lowest BCUT2D eigenvalue weighted by molar-refractivity contribution is 0.589. The smallest absolute Gasteiger partial charge is 0.164 e. The molecule has 6 aromatic heterocycles. The van der Waals surface area contributed by atoms with Crippen LogP contribution >= 0.6 is 0 Å². The Kier molecular flexibility index (Phi) is 16.9. The first-order valence-corrected chi connectivity index (χ1v) is 36.9. The SMILES string of the molecule is N#Cc1c(-n2c3ccc(-c4nc(-c5ccccc5)nc(-c5ccccc5)n4)cc3c3cc(-c4nc(-c5ccccc5)nc(-c5ccccc5)n4)ccc32)cc(-c2c(F)cccc2F)cc1-n1c2ccc(-c3nc(-c4ccccc4)nc(-c4ccccc4)n3)cc2c2cc(-c3nc(-c4ccccc4)nc(-c4ccccc4)n3)ccc21. The van der Waals surface area contributed by atoms with Gasteiger partial charge >= 0.3 is 0 Å². The molecule has 0 amide bonds. The fourth-order valence-electron chi connectivity index (χ4n) is 14.9. The van der Waals surface area contributed by atoms with E-state index in [4.69, 9.17) is 59.8 Å². The average molecular weight is 1470 g/mol. The summed E-state index contributed by atoms with van der Waals surface area (Å²) in [5.74, 6) is 3.81. The summed E-state index contributed by atoms with van der Waals surface area (Å²) < 4.78 is 38.4. The molecule has 17 heteroatoms. The molecule has 15 nitrogen and oxygen atoms in total. The van der Waals surface area contributed by atoms with E-state index in [1.165, 1.54) is 18.2 Å². The highest BCUT2D eigenvalue weighted by Gasteiger charge is 2.28. The first-order chi connectivity index (χ1) is 56.2. The lowest BCUT2D eigenvalue weighted by Gasteiger charge is -2.19. The van der Waals surface area contributed by atoms with Gasteiger partial charge in [0, 0.05) is 88.3 Å². The zero-order valence-electron chi connectivity index (χ0n) is 60.4. The molecule has 0 radical (unpaired) electrons. The molecule has 0 saturated heterocycles. The van der Waals surface area contributed by atoms with Crippen molar-refractivity contribution >= 4 is 43.6 Å². The standard InChI is InChI=1S/C97H57F2N15/c98-77-42-25-43-78(99)85(77)71-56-83(113-79-48-44-67(94-105-86(59-26-9-1-10-27-59)101-87(106-94)60-28-11-2-12-29-60)52-72(79)73-53-68(45-49-80(73)113)95-107-88(61-30-13-3-14-31-61)102-89(108-95)62-32-15-4-16-33-62)76(58-100)84(57-71)114-81-50-46-69(96-109-90(63-34-17-5-18-35-63)103-91(110-96)64-36-19-6-20-37-64)54-74(81)75-55-70(47-51-82(75)114)97-111-92(65-38-21-7-22-39-65)104-93(112-97)66-40-23-8-24-41-66/h1-57H. The molecular formula is C97H57F2N15. The fraction of sp³-hybridized carbons (Fsp3) is 0. The van der Waals surface area contributed by atoms with Crippen molar-refractivity contribution in [2.45, 2.75) is 0 Å². The van der Waals surface area contributed by atoms with Crippen LogP contribution in [0.2, 0.25) is 0 Å².